The fourth-order valence-corrected chi connectivity index (χ4v) is 7.23. The lowest BCUT2D eigenvalue weighted by Crippen LogP contribution is -2.54. The van der Waals surface area contributed by atoms with Crippen molar-refractivity contribution < 1.29 is 22.7 Å². The Morgan fingerprint density at radius 1 is 0.826 bits per heavy atom. The third kappa shape index (κ3) is 8.14. The number of methoxy groups -OCH3 is 1. The van der Waals surface area contributed by atoms with Crippen LogP contribution in [0, 0.1) is 6.92 Å². The molecule has 0 spiro atoms. The third-order valence-corrected chi connectivity index (χ3v) is 10.2. The third-order valence-electron chi connectivity index (χ3n) is 8.42. The Kier molecular flexibility index (Phi) is 10.8. The van der Waals surface area contributed by atoms with Gasteiger partial charge in [-0.15, -0.1) is 0 Å². The molecule has 0 aliphatic heterocycles. The van der Waals surface area contributed by atoms with Crippen LogP contribution in [0.15, 0.2) is 114 Å². The zero-order chi connectivity index (χ0) is 32.5. The summed E-state index contributed by atoms with van der Waals surface area (Å²) in [6.45, 7) is 1.51. The number of benzene rings is 4. The Hall–Kier alpha value is -4.63. The van der Waals surface area contributed by atoms with Gasteiger partial charge in [0.05, 0.1) is 17.7 Å². The lowest BCUT2D eigenvalue weighted by molar-refractivity contribution is -0.140. The first kappa shape index (κ1) is 32.8. The van der Waals surface area contributed by atoms with Crippen molar-refractivity contribution in [3.05, 3.63) is 126 Å². The van der Waals surface area contributed by atoms with Gasteiger partial charge in [-0.3, -0.25) is 13.9 Å². The minimum absolute atomic E-state index is 0.0529. The summed E-state index contributed by atoms with van der Waals surface area (Å²) < 4.78 is 34.8. The molecule has 1 fully saturated rings. The van der Waals surface area contributed by atoms with Gasteiger partial charge in [0.25, 0.3) is 10.0 Å². The maximum absolute atomic E-state index is 14.6. The summed E-state index contributed by atoms with van der Waals surface area (Å²) in [4.78, 5) is 30.2. The number of hydrogen-bond donors (Lipinski definition) is 1. The van der Waals surface area contributed by atoms with Crippen LogP contribution in [0.25, 0.3) is 0 Å². The number of nitrogens with one attached hydrogen (secondary N) is 1. The minimum atomic E-state index is -4.17. The van der Waals surface area contributed by atoms with E-state index in [0.717, 1.165) is 46.7 Å². The predicted octanol–water partition coefficient (Wildman–Crippen LogP) is 5.90. The van der Waals surface area contributed by atoms with Crippen molar-refractivity contribution in [3.8, 4) is 5.75 Å². The molecule has 8 nitrogen and oxygen atoms in total. The Labute approximate surface area is 272 Å². The molecule has 0 saturated heterocycles. The van der Waals surface area contributed by atoms with Gasteiger partial charge in [-0.05, 0) is 67.3 Å². The molecule has 2 amide bonds. The van der Waals surface area contributed by atoms with Crippen LogP contribution in [0.1, 0.15) is 42.4 Å². The molecule has 4 aromatic rings. The Morgan fingerprint density at radius 3 is 2.00 bits per heavy atom. The van der Waals surface area contributed by atoms with E-state index in [9.17, 15) is 18.0 Å². The quantitative estimate of drug-likeness (QED) is 0.197. The summed E-state index contributed by atoms with van der Waals surface area (Å²) in [5.74, 6) is -0.171. The summed E-state index contributed by atoms with van der Waals surface area (Å²) >= 11 is 0. The molecule has 0 aromatic heterocycles. The highest BCUT2D eigenvalue weighted by molar-refractivity contribution is 7.92. The van der Waals surface area contributed by atoms with Crippen LogP contribution in [-0.4, -0.2) is 50.9 Å². The predicted molar refractivity (Wildman–Crippen MR) is 180 cm³/mol. The number of aryl methyl sites for hydroxylation is 1. The first-order valence-electron chi connectivity index (χ1n) is 15.7. The number of sulfonamides is 1. The number of rotatable bonds is 13. The minimum Gasteiger partial charge on any atom is -0.497 e. The molecule has 1 aliphatic carbocycles. The number of carbonyl (C=O) groups excluding carboxylic acids is 2. The van der Waals surface area contributed by atoms with Crippen molar-refractivity contribution >= 4 is 27.5 Å². The van der Waals surface area contributed by atoms with Crippen LogP contribution in [-0.2, 0) is 32.6 Å². The van der Waals surface area contributed by atoms with Crippen molar-refractivity contribution in [3.63, 3.8) is 0 Å². The zero-order valence-corrected chi connectivity index (χ0v) is 27.2. The fourth-order valence-electron chi connectivity index (χ4n) is 5.82. The first-order valence-corrected chi connectivity index (χ1v) is 17.1. The van der Waals surface area contributed by atoms with E-state index in [4.69, 9.17) is 4.74 Å². The van der Waals surface area contributed by atoms with Crippen molar-refractivity contribution in [1.82, 2.24) is 10.2 Å². The molecule has 1 atom stereocenters. The molecule has 5 rings (SSSR count). The van der Waals surface area contributed by atoms with Crippen LogP contribution < -0.4 is 14.4 Å². The molecule has 1 N–H and O–H groups in total. The van der Waals surface area contributed by atoms with Crippen molar-refractivity contribution in [2.24, 2.45) is 0 Å². The zero-order valence-electron chi connectivity index (χ0n) is 26.3. The lowest BCUT2D eigenvalue weighted by atomic mass is 10.0. The van der Waals surface area contributed by atoms with Crippen LogP contribution >= 0.6 is 0 Å². The summed E-state index contributed by atoms with van der Waals surface area (Å²) in [6.07, 6.45) is 4.18. The average molecular weight is 640 g/mol. The molecule has 1 aliphatic rings. The van der Waals surface area contributed by atoms with Gasteiger partial charge in [-0.1, -0.05) is 91.2 Å². The highest BCUT2D eigenvalue weighted by atomic mass is 32.2. The largest absolute Gasteiger partial charge is 0.497 e. The number of nitrogens with zero attached hydrogens (tertiary/aromatic N) is 2. The number of hydrogen-bond acceptors (Lipinski definition) is 5. The molecule has 1 saturated carbocycles. The van der Waals surface area contributed by atoms with E-state index < -0.39 is 28.5 Å². The average Bonchev–Trinajstić information content (AvgIpc) is 3.59. The summed E-state index contributed by atoms with van der Waals surface area (Å²) in [5.41, 5.74) is 2.96. The molecule has 0 bridgehead atoms. The normalized spacial score (nSPS) is 14.0. The van der Waals surface area contributed by atoms with Gasteiger partial charge >= 0.3 is 0 Å². The van der Waals surface area contributed by atoms with Crippen LogP contribution in [0.4, 0.5) is 5.69 Å². The van der Waals surface area contributed by atoms with E-state index in [0.29, 0.717) is 11.4 Å². The molecule has 9 heteroatoms. The van der Waals surface area contributed by atoms with Gasteiger partial charge in [0.2, 0.25) is 11.8 Å². The summed E-state index contributed by atoms with van der Waals surface area (Å²) in [7, 11) is -2.64. The van der Waals surface area contributed by atoms with Crippen molar-refractivity contribution in [2.75, 3.05) is 18.0 Å². The van der Waals surface area contributed by atoms with Crippen LogP contribution in [0.2, 0.25) is 0 Å². The monoisotopic (exact) mass is 639 g/mol. The number of ether oxygens (including phenoxy) is 1. The smallest absolute Gasteiger partial charge is 0.264 e. The van der Waals surface area contributed by atoms with Gasteiger partial charge in [0.15, 0.2) is 0 Å². The maximum Gasteiger partial charge on any atom is 0.264 e. The van der Waals surface area contributed by atoms with E-state index in [-0.39, 0.29) is 29.8 Å². The highest BCUT2D eigenvalue weighted by Crippen LogP contribution is 2.27. The van der Waals surface area contributed by atoms with E-state index in [2.05, 4.69) is 5.32 Å². The standard InChI is InChI=1S/C37H41N3O5S/c1-28-17-23-34(24-18-28)46(43,44)40(32-19-21-33(45-2)22-20-32)27-36(41)39(26-30-13-7-4-8-14-30)35(25-29-11-5-3-6-12-29)37(42)38-31-15-9-10-16-31/h3-8,11-14,17-24,31,35H,9-10,15-16,25-27H2,1-2H3,(H,38,42). The molecular weight excluding hydrogens is 598 g/mol. The summed E-state index contributed by atoms with van der Waals surface area (Å²) in [5, 5.41) is 3.20. The Morgan fingerprint density at radius 2 is 1.41 bits per heavy atom. The Balaban J connectivity index is 1.55. The molecule has 240 valence electrons. The van der Waals surface area contributed by atoms with E-state index in [1.807, 2.05) is 67.6 Å². The summed E-state index contributed by atoms with van der Waals surface area (Å²) in [6, 6.07) is 31.3. The first-order chi connectivity index (χ1) is 22.2. The molecule has 0 heterocycles. The van der Waals surface area contributed by atoms with Gasteiger partial charge < -0.3 is 15.0 Å². The van der Waals surface area contributed by atoms with E-state index in [1.54, 1.807) is 48.5 Å². The molecule has 0 radical (unpaired) electrons. The van der Waals surface area contributed by atoms with Crippen molar-refractivity contribution in [1.29, 1.82) is 0 Å². The molecule has 1 unspecified atom stereocenters. The number of anilines is 1. The van der Waals surface area contributed by atoms with Gasteiger partial charge in [-0.25, -0.2) is 8.42 Å². The lowest BCUT2D eigenvalue weighted by Gasteiger charge is -2.34. The van der Waals surface area contributed by atoms with E-state index >= 15 is 0 Å². The number of amides is 2. The Bertz CT molecular complexity index is 1690. The topological polar surface area (TPSA) is 96.0 Å². The second kappa shape index (κ2) is 15.1. The van der Waals surface area contributed by atoms with Gasteiger partial charge in [0.1, 0.15) is 18.3 Å². The molecule has 4 aromatic carbocycles. The second-order valence-electron chi connectivity index (χ2n) is 11.7. The SMILES string of the molecule is COc1ccc(N(CC(=O)N(Cc2ccccc2)C(Cc2ccccc2)C(=O)NC2CCCC2)S(=O)(=O)c2ccc(C)cc2)cc1. The van der Waals surface area contributed by atoms with Gasteiger partial charge in [-0.2, -0.15) is 0 Å². The van der Waals surface area contributed by atoms with Crippen LogP contribution in [0.3, 0.4) is 0 Å². The number of carbonyl (C=O) groups is 2. The van der Waals surface area contributed by atoms with E-state index in [1.165, 1.54) is 12.0 Å². The highest BCUT2D eigenvalue weighted by Gasteiger charge is 2.35. The maximum atomic E-state index is 14.6. The van der Waals surface area contributed by atoms with Gasteiger partial charge in [0, 0.05) is 19.0 Å². The van der Waals surface area contributed by atoms with Crippen LogP contribution in [0.5, 0.6) is 5.75 Å². The fraction of sp³-hybridized carbons (Fsp3) is 0.297. The second-order valence-corrected chi connectivity index (χ2v) is 13.6. The molecule has 46 heavy (non-hydrogen) atoms. The van der Waals surface area contributed by atoms with Crippen molar-refractivity contribution in [2.45, 2.75) is 62.6 Å². The molecular formula is C37H41N3O5S.